The first-order valence-corrected chi connectivity index (χ1v) is 5.80. The third-order valence-corrected chi connectivity index (χ3v) is 2.79. The van der Waals surface area contributed by atoms with Gasteiger partial charge in [0.15, 0.2) is 0 Å². The van der Waals surface area contributed by atoms with Gasteiger partial charge in [-0.25, -0.2) is 4.79 Å². The molecule has 16 heavy (non-hydrogen) atoms. The fourth-order valence-corrected chi connectivity index (χ4v) is 1.82. The smallest absolute Gasteiger partial charge is 0.325 e. The number of carbonyl (C=O) groups is 2. The Bertz CT molecular complexity index is 294. The third kappa shape index (κ3) is 2.86. The minimum Gasteiger partial charge on any atom is -0.393 e. The van der Waals surface area contributed by atoms with Crippen LogP contribution in [-0.4, -0.2) is 46.0 Å². The highest BCUT2D eigenvalue weighted by atomic mass is 35.5. The fraction of sp³-hybridized carbons (Fsp3) is 0.800. The van der Waals surface area contributed by atoms with Crippen LogP contribution in [0.25, 0.3) is 0 Å². The zero-order valence-corrected chi connectivity index (χ0v) is 10.3. The number of nitrogens with one attached hydrogen (secondary N) is 1. The second kappa shape index (κ2) is 5.01. The molecule has 1 aliphatic heterocycles. The number of imide groups is 1. The number of amides is 3. The third-order valence-electron chi connectivity index (χ3n) is 2.57. The summed E-state index contributed by atoms with van der Waals surface area (Å²) in [6.45, 7) is 3.54. The predicted octanol–water partition coefficient (Wildman–Crippen LogP) is 0.697. The van der Waals surface area contributed by atoms with Gasteiger partial charge in [-0.2, -0.15) is 0 Å². The van der Waals surface area contributed by atoms with E-state index in [0.29, 0.717) is 18.7 Å². The molecular formula is C10H17ClN2O3. The highest BCUT2D eigenvalue weighted by Gasteiger charge is 2.43. The molecule has 0 aromatic rings. The van der Waals surface area contributed by atoms with Gasteiger partial charge in [0.25, 0.3) is 5.91 Å². The number of urea groups is 1. The highest BCUT2D eigenvalue weighted by Crippen LogP contribution is 2.17. The van der Waals surface area contributed by atoms with Crippen molar-refractivity contribution in [2.45, 2.75) is 38.3 Å². The maximum Gasteiger partial charge on any atom is 0.325 e. The van der Waals surface area contributed by atoms with Crippen LogP contribution in [0, 0.1) is 0 Å². The molecule has 1 atom stereocenters. The van der Waals surface area contributed by atoms with Crippen molar-refractivity contribution in [3.8, 4) is 0 Å². The number of nitrogens with zero attached hydrogens (tertiary/aromatic N) is 1. The molecule has 6 heteroatoms. The van der Waals surface area contributed by atoms with E-state index in [4.69, 9.17) is 11.6 Å². The minimum absolute atomic E-state index is 0.228. The Kier molecular flexibility index (Phi) is 4.15. The SMILES string of the molecule is CC1(C)NC(=O)N(CCC(O)CCCl)C1=O. The number of hydrogen-bond donors (Lipinski definition) is 2. The summed E-state index contributed by atoms with van der Waals surface area (Å²) in [6.07, 6.45) is 0.262. The van der Waals surface area contributed by atoms with Gasteiger partial charge in [0.05, 0.1) is 6.10 Å². The fourth-order valence-electron chi connectivity index (χ4n) is 1.57. The van der Waals surface area contributed by atoms with Crippen LogP contribution in [-0.2, 0) is 4.79 Å². The molecule has 0 aliphatic carbocycles. The Morgan fingerprint density at radius 1 is 1.44 bits per heavy atom. The number of aliphatic hydroxyl groups is 1. The van der Waals surface area contributed by atoms with Gasteiger partial charge in [-0.15, -0.1) is 11.6 Å². The summed E-state index contributed by atoms with van der Waals surface area (Å²) in [5.74, 6) is 0.114. The molecule has 1 heterocycles. The summed E-state index contributed by atoms with van der Waals surface area (Å²) < 4.78 is 0. The van der Waals surface area contributed by atoms with Crippen molar-refractivity contribution in [3.05, 3.63) is 0 Å². The molecule has 1 saturated heterocycles. The minimum atomic E-state index is -0.839. The van der Waals surface area contributed by atoms with Gasteiger partial charge >= 0.3 is 6.03 Å². The molecule has 0 radical (unpaired) electrons. The highest BCUT2D eigenvalue weighted by molar-refractivity contribution is 6.17. The van der Waals surface area contributed by atoms with Crippen molar-refractivity contribution in [2.75, 3.05) is 12.4 Å². The monoisotopic (exact) mass is 248 g/mol. The van der Waals surface area contributed by atoms with Gasteiger partial charge in [-0.05, 0) is 26.7 Å². The summed E-state index contributed by atoms with van der Waals surface area (Å²) >= 11 is 5.47. The van der Waals surface area contributed by atoms with Crippen molar-refractivity contribution in [1.82, 2.24) is 10.2 Å². The summed E-state index contributed by atoms with van der Waals surface area (Å²) in [7, 11) is 0. The first kappa shape index (κ1) is 13.3. The van der Waals surface area contributed by atoms with Gasteiger partial charge in [-0.1, -0.05) is 0 Å². The Hall–Kier alpha value is -0.810. The summed E-state index contributed by atoms with van der Waals surface area (Å²) in [4.78, 5) is 24.3. The van der Waals surface area contributed by atoms with E-state index in [1.54, 1.807) is 13.8 Å². The largest absolute Gasteiger partial charge is 0.393 e. The van der Waals surface area contributed by atoms with Crippen molar-refractivity contribution < 1.29 is 14.7 Å². The van der Waals surface area contributed by atoms with Crippen LogP contribution in [0.2, 0.25) is 0 Å². The number of carbonyl (C=O) groups excluding carboxylic acids is 2. The van der Waals surface area contributed by atoms with E-state index < -0.39 is 17.7 Å². The zero-order chi connectivity index (χ0) is 12.3. The molecular weight excluding hydrogens is 232 g/mol. The van der Waals surface area contributed by atoms with Gasteiger partial charge in [0, 0.05) is 12.4 Å². The molecule has 0 aromatic heterocycles. The van der Waals surface area contributed by atoms with Crippen LogP contribution < -0.4 is 5.32 Å². The van der Waals surface area contributed by atoms with E-state index in [-0.39, 0.29) is 12.5 Å². The maximum atomic E-state index is 11.7. The quantitative estimate of drug-likeness (QED) is 0.556. The lowest BCUT2D eigenvalue weighted by Gasteiger charge is -2.17. The van der Waals surface area contributed by atoms with Crippen LogP contribution in [0.1, 0.15) is 26.7 Å². The Labute approximate surface area is 99.7 Å². The summed E-state index contributed by atoms with van der Waals surface area (Å²) in [6, 6.07) is -0.395. The molecule has 1 unspecified atom stereocenters. The van der Waals surface area contributed by atoms with E-state index in [0.717, 1.165) is 4.90 Å². The number of rotatable bonds is 5. The first-order chi connectivity index (χ1) is 7.38. The lowest BCUT2D eigenvalue weighted by atomic mass is 10.1. The first-order valence-electron chi connectivity index (χ1n) is 5.26. The zero-order valence-electron chi connectivity index (χ0n) is 9.49. The van der Waals surface area contributed by atoms with Gasteiger partial charge in [0.1, 0.15) is 5.54 Å². The van der Waals surface area contributed by atoms with Crippen LogP contribution in [0.3, 0.4) is 0 Å². The van der Waals surface area contributed by atoms with E-state index >= 15 is 0 Å². The normalized spacial score (nSPS) is 21.1. The molecule has 1 aliphatic rings. The molecule has 0 bridgehead atoms. The second-order valence-corrected chi connectivity index (χ2v) is 4.81. The number of aliphatic hydroxyl groups excluding tert-OH is 1. The Balaban J connectivity index is 2.49. The average molecular weight is 249 g/mol. The average Bonchev–Trinajstić information content (AvgIpc) is 2.35. The standard InChI is InChI=1S/C10H17ClN2O3/c1-10(2)8(15)13(9(16)12-10)6-4-7(14)3-5-11/h7,14H,3-6H2,1-2H3,(H,12,16). The molecule has 2 N–H and O–H groups in total. The molecule has 92 valence electrons. The van der Waals surface area contributed by atoms with Crippen LogP contribution in [0.5, 0.6) is 0 Å². The number of halogens is 1. The van der Waals surface area contributed by atoms with Gasteiger partial charge < -0.3 is 10.4 Å². The van der Waals surface area contributed by atoms with E-state index in [9.17, 15) is 14.7 Å². The number of alkyl halides is 1. The lowest BCUT2D eigenvalue weighted by molar-refractivity contribution is -0.130. The Morgan fingerprint density at radius 2 is 2.06 bits per heavy atom. The van der Waals surface area contributed by atoms with Crippen molar-refractivity contribution >= 4 is 23.5 Å². The molecule has 5 nitrogen and oxygen atoms in total. The summed E-state index contributed by atoms with van der Waals surface area (Å²) in [5, 5.41) is 12.0. The molecule has 3 amide bonds. The molecule has 0 aromatic carbocycles. The maximum absolute atomic E-state index is 11.7. The predicted molar refractivity (Wildman–Crippen MR) is 60.3 cm³/mol. The van der Waals surface area contributed by atoms with Crippen LogP contribution >= 0.6 is 11.6 Å². The van der Waals surface area contributed by atoms with E-state index in [1.165, 1.54) is 0 Å². The van der Waals surface area contributed by atoms with Gasteiger partial charge in [-0.3, -0.25) is 9.69 Å². The summed E-state index contributed by atoms with van der Waals surface area (Å²) in [5.41, 5.74) is -0.839. The van der Waals surface area contributed by atoms with Crippen molar-refractivity contribution in [2.24, 2.45) is 0 Å². The number of hydrogen-bond acceptors (Lipinski definition) is 3. The molecule has 0 spiro atoms. The van der Waals surface area contributed by atoms with Crippen molar-refractivity contribution in [1.29, 1.82) is 0 Å². The van der Waals surface area contributed by atoms with E-state index in [2.05, 4.69) is 5.32 Å². The molecule has 0 saturated carbocycles. The van der Waals surface area contributed by atoms with Gasteiger partial charge in [0.2, 0.25) is 0 Å². The Morgan fingerprint density at radius 3 is 2.50 bits per heavy atom. The van der Waals surface area contributed by atoms with Crippen LogP contribution in [0.15, 0.2) is 0 Å². The lowest BCUT2D eigenvalue weighted by Crippen LogP contribution is -2.40. The molecule has 1 rings (SSSR count). The van der Waals surface area contributed by atoms with Crippen LogP contribution in [0.4, 0.5) is 4.79 Å². The van der Waals surface area contributed by atoms with E-state index in [1.807, 2.05) is 0 Å². The topological polar surface area (TPSA) is 69.6 Å². The van der Waals surface area contributed by atoms with Crippen molar-refractivity contribution in [3.63, 3.8) is 0 Å². The molecule has 1 fully saturated rings. The second-order valence-electron chi connectivity index (χ2n) is 4.43.